The van der Waals surface area contributed by atoms with Crippen LogP contribution in [-0.2, 0) is 21.9 Å². The number of rotatable bonds is 10. The summed E-state index contributed by atoms with van der Waals surface area (Å²) in [6, 6.07) is 12.8. The fourth-order valence-corrected chi connectivity index (χ4v) is 4.15. The van der Waals surface area contributed by atoms with Gasteiger partial charge in [-0.3, -0.25) is 9.59 Å². The number of hydrogen-bond donors (Lipinski definition) is 1. The van der Waals surface area contributed by atoms with Gasteiger partial charge in [-0.05, 0) is 48.6 Å². The maximum Gasteiger partial charge on any atom is 0.242 e. The molecule has 168 valence electrons. The molecule has 0 radical (unpaired) electrons. The van der Waals surface area contributed by atoms with E-state index in [0.29, 0.717) is 34.8 Å². The molecule has 0 saturated carbocycles. The highest BCUT2D eigenvalue weighted by atomic mass is 35.5. The second kappa shape index (κ2) is 12.4. The van der Waals surface area contributed by atoms with Gasteiger partial charge in [-0.2, -0.15) is 0 Å². The highest BCUT2D eigenvalue weighted by molar-refractivity contribution is 7.99. The van der Waals surface area contributed by atoms with Gasteiger partial charge in [-0.25, -0.2) is 0 Å². The standard InChI is InChI=1S/C24H30Cl2N2O2S/c1-16(2)12-27-24(30)18(4)28(13-20-8-6-5-7-17(20)3)23(29)15-31-14-19-9-10-21(25)22(26)11-19/h5-11,16,18H,12-15H2,1-4H3,(H,27,30). The molecule has 0 spiro atoms. The van der Waals surface area contributed by atoms with Crippen molar-refractivity contribution < 1.29 is 9.59 Å². The summed E-state index contributed by atoms with van der Waals surface area (Å²) in [7, 11) is 0. The van der Waals surface area contributed by atoms with Gasteiger partial charge in [0.25, 0.3) is 0 Å². The van der Waals surface area contributed by atoms with Crippen molar-refractivity contribution in [1.29, 1.82) is 0 Å². The summed E-state index contributed by atoms with van der Waals surface area (Å²) in [4.78, 5) is 27.5. The minimum absolute atomic E-state index is 0.0690. The number of amides is 2. The molecular formula is C24H30Cl2N2O2S. The first kappa shape index (κ1) is 25.6. The molecule has 1 N–H and O–H groups in total. The average molecular weight is 481 g/mol. The number of benzene rings is 2. The van der Waals surface area contributed by atoms with Crippen LogP contribution in [0.4, 0.5) is 0 Å². The molecule has 0 aliphatic carbocycles. The quantitative estimate of drug-likeness (QED) is 0.472. The summed E-state index contributed by atoms with van der Waals surface area (Å²) in [5, 5.41) is 3.96. The van der Waals surface area contributed by atoms with Gasteiger partial charge in [-0.15, -0.1) is 11.8 Å². The monoisotopic (exact) mass is 480 g/mol. The molecule has 2 aromatic rings. The Labute approximate surface area is 199 Å². The number of hydrogen-bond acceptors (Lipinski definition) is 3. The summed E-state index contributed by atoms with van der Waals surface area (Å²) in [5.74, 6) is 1.05. The van der Waals surface area contributed by atoms with Gasteiger partial charge >= 0.3 is 0 Å². The average Bonchev–Trinajstić information content (AvgIpc) is 2.73. The molecule has 2 amide bonds. The van der Waals surface area contributed by atoms with Gasteiger partial charge in [0.1, 0.15) is 6.04 Å². The molecule has 0 bridgehead atoms. The third-order valence-electron chi connectivity index (χ3n) is 4.93. The zero-order valence-corrected chi connectivity index (χ0v) is 20.8. The van der Waals surface area contributed by atoms with Crippen molar-refractivity contribution in [1.82, 2.24) is 10.2 Å². The summed E-state index contributed by atoms with van der Waals surface area (Å²) >= 11 is 13.5. The smallest absolute Gasteiger partial charge is 0.242 e. The molecule has 0 aliphatic rings. The predicted molar refractivity (Wildman–Crippen MR) is 132 cm³/mol. The van der Waals surface area contributed by atoms with E-state index in [-0.39, 0.29) is 17.6 Å². The van der Waals surface area contributed by atoms with Crippen LogP contribution in [-0.4, -0.2) is 35.1 Å². The number of carbonyl (C=O) groups excluding carboxylic acids is 2. The number of nitrogens with one attached hydrogen (secondary N) is 1. The second-order valence-corrected chi connectivity index (χ2v) is 9.80. The van der Waals surface area contributed by atoms with E-state index in [1.165, 1.54) is 11.8 Å². The molecule has 7 heteroatoms. The maximum atomic E-state index is 13.1. The van der Waals surface area contributed by atoms with E-state index >= 15 is 0 Å². The van der Waals surface area contributed by atoms with Crippen molar-refractivity contribution in [3.63, 3.8) is 0 Å². The van der Waals surface area contributed by atoms with Gasteiger partial charge in [-0.1, -0.05) is 67.4 Å². The minimum Gasteiger partial charge on any atom is -0.354 e. The van der Waals surface area contributed by atoms with Crippen molar-refractivity contribution >= 4 is 46.8 Å². The molecule has 1 atom stereocenters. The van der Waals surface area contributed by atoms with Crippen LogP contribution in [0.25, 0.3) is 0 Å². The van der Waals surface area contributed by atoms with Crippen LogP contribution in [0.15, 0.2) is 42.5 Å². The van der Waals surface area contributed by atoms with Crippen molar-refractivity contribution in [2.75, 3.05) is 12.3 Å². The first-order valence-corrected chi connectivity index (χ1v) is 12.2. The molecular weight excluding hydrogens is 451 g/mol. The van der Waals surface area contributed by atoms with E-state index in [4.69, 9.17) is 23.2 Å². The summed E-state index contributed by atoms with van der Waals surface area (Å²) < 4.78 is 0. The van der Waals surface area contributed by atoms with Gasteiger partial charge < -0.3 is 10.2 Å². The molecule has 0 fully saturated rings. The summed E-state index contributed by atoms with van der Waals surface area (Å²) in [5.41, 5.74) is 3.13. The van der Waals surface area contributed by atoms with E-state index in [2.05, 4.69) is 5.32 Å². The number of halogens is 2. The zero-order valence-electron chi connectivity index (χ0n) is 18.5. The fourth-order valence-electron chi connectivity index (χ4n) is 2.97. The lowest BCUT2D eigenvalue weighted by Gasteiger charge is -2.29. The Morgan fingerprint density at radius 1 is 1.06 bits per heavy atom. The van der Waals surface area contributed by atoms with E-state index in [1.54, 1.807) is 17.9 Å². The van der Waals surface area contributed by atoms with Crippen molar-refractivity contribution in [3.05, 3.63) is 69.2 Å². The molecule has 2 rings (SSSR count). The largest absolute Gasteiger partial charge is 0.354 e. The molecule has 4 nitrogen and oxygen atoms in total. The molecule has 31 heavy (non-hydrogen) atoms. The number of thioether (sulfide) groups is 1. The van der Waals surface area contributed by atoms with E-state index in [9.17, 15) is 9.59 Å². The first-order valence-electron chi connectivity index (χ1n) is 10.3. The summed E-state index contributed by atoms with van der Waals surface area (Å²) in [6.45, 7) is 8.87. The Morgan fingerprint density at radius 2 is 1.77 bits per heavy atom. The SMILES string of the molecule is Cc1ccccc1CN(C(=O)CSCc1ccc(Cl)c(Cl)c1)C(C)C(=O)NCC(C)C. The van der Waals surface area contributed by atoms with Crippen LogP contribution >= 0.6 is 35.0 Å². The Bertz CT molecular complexity index is 905. The molecule has 2 aromatic carbocycles. The third-order valence-corrected chi connectivity index (χ3v) is 6.66. The van der Waals surface area contributed by atoms with E-state index in [1.807, 2.05) is 57.2 Å². The van der Waals surface area contributed by atoms with Crippen LogP contribution in [0.5, 0.6) is 0 Å². The Morgan fingerprint density at radius 3 is 2.42 bits per heavy atom. The van der Waals surface area contributed by atoms with Crippen molar-refractivity contribution in [2.45, 2.75) is 46.0 Å². The van der Waals surface area contributed by atoms with Gasteiger partial charge in [0.15, 0.2) is 0 Å². The van der Waals surface area contributed by atoms with Gasteiger partial charge in [0, 0.05) is 18.8 Å². The normalized spacial score (nSPS) is 12.0. The predicted octanol–water partition coefficient (Wildman–Crippen LogP) is 5.72. The van der Waals surface area contributed by atoms with Gasteiger partial charge in [0.2, 0.25) is 11.8 Å². The van der Waals surface area contributed by atoms with Gasteiger partial charge in [0.05, 0.1) is 15.8 Å². The minimum atomic E-state index is -0.559. The Balaban J connectivity index is 2.08. The lowest BCUT2D eigenvalue weighted by atomic mass is 10.1. The zero-order chi connectivity index (χ0) is 23.0. The molecule has 0 aliphatic heterocycles. The van der Waals surface area contributed by atoms with E-state index in [0.717, 1.165) is 16.7 Å². The third kappa shape index (κ3) is 8.06. The number of carbonyl (C=O) groups is 2. The lowest BCUT2D eigenvalue weighted by molar-refractivity contribution is -0.138. The summed E-state index contributed by atoms with van der Waals surface area (Å²) in [6.07, 6.45) is 0. The van der Waals surface area contributed by atoms with Crippen LogP contribution in [0, 0.1) is 12.8 Å². The molecule has 0 saturated heterocycles. The fraction of sp³-hybridized carbons (Fsp3) is 0.417. The highest BCUT2D eigenvalue weighted by Crippen LogP contribution is 2.25. The Kier molecular flexibility index (Phi) is 10.2. The Hall–Kier alpha value is -1.69. The second-order valence-electron chi connectivity index (χ2n) is 8.00. The number of nitrogens with zero attached hydrogens (tertiary/aromatic N) is 1. The topological polar surface area (TPSA) is 49.4 Å². The maximum absolute atomic E-state index is 13.1. The van der Waals surface area contributed by atoms with E-state index < -0.39 is 6.04 Å². The van der Waals surface area contributed by atoms with Crippen LogP contribution in [0.3, 0.4) is 0 Å². The lowest BCUT2D eigenvalue weighted by Crippen LogP contribution is -2.48. The first-order chi connectivity index (χ1) is 14.7. The molecule has 1 unspecified atom stereocenters. The number of aryl methyl sites for hydroxylation is 1. The molecule has 0 aromatic heterocycles. The van der Waals surface area contributed by atoms with Crippen molar-refractivity contribution in [2.24, 2.45) is 5.92 Å². The van der Waals surface area contributed by atoms with Crippen LogP contribution in [0.2, 0.25) is 10.0 Å². The highest BCUT2D eigenvalue weighted by Gasteiger charge is 2.26. The van der Waals surface area contributed by atoms with Crippen molar-refractivity contribution in [3.8, 4) is 0 Å². The van der Waals surface area contributed by atoms with Crippen LogP contribution < -0.4 is 5.32 Å². The van der Waals surface area contributed by atoms with Crippen LogP contribution in [0.1, 0.15) is 37.5 Å². The molecule has 0 heterocycles.